The summed E-state index contributed by atoms with van der Waals surface area (Å²) in [4.78, 5) is 16.7. The third kappa shape index (κ3) is 5.20. The van der Waals surface area contributed by atoms with E-state index >= 15 is 0 Å². The maximum atomic E-state index is 12.4. The van der Waals surface area contributed by atoms with E-state index in [1.807, 2.05) is 6.07 Å². The first-order valence-corrected chi connectivity index (χ1v) is 11.0. The number of benzene rings is 1. The van der Waals surface area contributed by atoms with E-state index in [1.165, 1.54) is 31.0 Å². The highest BCUT2D eigenvalue weighted by Crippen LogP contribution is 2.23. The lowest BCUT2D eigenvalue weighted by atomic mass is 10.2. The molecule has 8 heteroatoms. The van der Waals surface area contributed by atoms with Crippen molar-refractivity contribution in [2.24, 2.45) is 0 Å². The zero-order chi connectivity index (χ0) is 19.4. The number of carbonyl (C=O) groups is 1. The topological polar surface area (TPSA) is 85.4 Å². The van der Waals surface area contributed by atoms with E-state index in [9.17, 15) is 13.2 Å². The van der Waals surface area contributed by atoms with Crippen LogP contribution in [0.3, 0.4) is 0 Å². The van der Waals surface area contributed by atoms with Gasteiger partial charge in [0.2, 0.25) is 5.88 Å². The van der Waals surface area contributed by atoms with Gasteiger partial charge in [-0.25, -0.2) is 13.4 Å². The second kappa shape index (κ2) is 8.27. The van der Waals surface area contributed by atoms with Gasteiger partial charge in [-0.05, 0) is 49.4 Å². The molecule has 0 unspecified atom stereocenters. The quantitative estimate of drug-likeness (QED) is 0.791. The lowest BCUT2D eigenvalue weighted by molar-refractivity contribution is 0.0951. The summed E-state index contributed by atoms with van der Waals surface area (Å²) in [7, 11) is -3.42. The molecule has 1 aromatic heterocycles. The van der Waals surface area contributed by atoms with Crippen molar-refractivity contribution in [1.82, 2.24) is 10.3 Å². The smallest absolute Gasteiger partial charge is 0.253 e. The van der Waals surface area contributed by atoms with Crippen LogP contribution in [0.25, 0.3) is 0 Å². The van der Waals surface area contributed by atoms with Crippen LogP contribution in [0.1, 0.15) is 41.6 Å². The molecule has 1 aromatic carbocycles. The Hall–Kier alpha value is -2.12. The van der Waals surface area contributed by atoms with Gasteiger partial charge in [0.15, 0.2) is 9.84 Å². The molecule has 0 spiro atoms. The number of aromatic nitrogens is 1. The third-order valence-corrected chi connectivity index (χ3v) is 5.89. The standard InChI is InChI=1S/C19H21ClN2O4S/c1-27(24,25)15-7-8-17(20)16(10-15)19(23)22-12-13-6-9-18(21-11-13)26-14-4-2-3-5-14/h6-11,14H,2-5,12H2,1H3,(H,22,23). The molecule has 6 nitrogen and oxygen atoms in total. The molecule has 0 atom stereocenters. The van der Waals surface area contributed by atoms with Gasteiger partial charge in [0.05, 0.1) is 15.5 Å². The normalized spacial score (nSPS) is 14.9. The van der Waals surface area contributed by atoms with Gasteiger partial charge in [0.1, 0.15) is 6.10 Å². The minimum absolute atomic E-state index is 0.0483. The fourth-order valence-corrected chi connectivity index (χ4v) is 3.80. The second-order valence-electron chi connectivity index (χ2n) is 6.63. The minimum atomic E-state index is -3.42. The van der Waals surface area contributed by atoms with Gasteiger partial charge >= 0.3 is 0 Å². The summed E-state index contributed by atoms with van der Waals surface area (Å²) in [6.45, 7) is 0.245. The van der Waals surface area contributed by atoms with E-state index < -0.39 is 15.7 Å². The molecule has 144 valence electrons. The van der Waals surface area contributed by atoms with Crippen molar-refractivity contribution in [1.29, 1.82) is 0 Å². The number of halogens is 1. The van der Waals surface area contributed by atoms with E-state index in [-0.39, 0.29) is 28.1 Å². The van der Waals surface area contributed by atoms with Gasteiger partial charge in [-0.15, -0.1) is 0 Å². The monoisotopic (exact) mass is 408 g/mol. The molecule has 1 N–H and O–H groups in total. The van der Waals surface area contributed by atoms with E-state index in [1.54, 1.807) is 12.3 Å². The third-order valence-electron chi connectivity index (χ3n) is 4.45. The molecule has 1 fully saturated rings. The van der Waals surface area contributed by atoms with Crippen molar-refractivity contribution in [3.05, 3.63) is 52.7 Å². The Bertz CT molecular complexity index is 923. The summed E-state index contributed by atoms with van der Waals surface area (Å²) in [5.41, 5.74) is 0.922. The van der Waals surface area contributed by atoms with Crippen LogP contribution in [0.2, 0.25) is 5.02 Å². The molecule has 3 rings (SSSR count). The highest BCUT2D eigenvalue weighted by molar-refractivity contribution is 7.90. The molecule has 0 radical (unpaired) electrons. The summed E-state index contributed by atoms with van der Waals surface area (Å²) in [6, 6.07) is 7.69. The number of rotatable bonds is 6. The molecule has 0 bridgehead atoms. The first-order chi connectivity index (χ1) is 12.8. The van der Waals surface area contributed by atoms with Crippen LogP contribution < -0.4 is 10.1 Å². The summed E-state index contributed by atoms with van der Waals surface area (Å²) >= 11 is 6.04. The SMILES string of the molecule is CS(=O)(=O)c1ccc(Cl)c(C(=O)NCc2ccc(OC3CCCC3)nc2)c1. The number of ether oxygens (including phenoxy) is 1. The van der Waals surface area contributed by atoms with Crippen molar-refractivity contribution in [3.8, 4) is 5.88 Å². The van der Waals surface area contributed by atoms with Crippen LogP contribution in [0, 0.1) is 0 Å². The lowest BCUT2D eigenvalue weighted by Crippen LogP contribution is -2.23. The van der Waals surface area contributed by atoms with Crippen molar-refractivity contribution >= 4 is 27.3 Å². The fourth-order valence-electron chi connectivity index (χ4n) is 2.95. The van der Waals surface area contributed by atoms with Gasteiger partial charge in [-0.2, -0.15) is 0 Å². The average Bonchev–Trinajstić information content (AvgIpc) is 3.13. The van der Waals surface area contributed by atoms with Crippen LogP contribution in [-0.2, 0) is 16.4 Å². The predicted molar refractivity (Wildman–Crippen MR) is 103 cm³/mol. The number of nitrogens with zero attached hydrogens (tertiary/aromatic N) is 1. The van der Waals surface area contributed by atoms with Crippen LogP contribution in [0.4, 0.5) is 0 Å². The molecular weight excluding hydrogens is 388 g/mol. The molecule has 1 aliphatic carbocycles. The molecule has 0 saturated heterocycles. The molecule has 1 heterocycles. The Labute approximate surface area is 163 Å². The number of carbonyl (C=O) groups excluding carboxylic acids is 1. The molecule has 1 saturated carbocycles. The Morgan fingerprint density at radius 1 is 1.26 bits per heavy atom. The number of amides is 1. The summed E-state index contributed by atoms with van der Waals surface area (Å²) in [5.74, 6) is 0.137. The number of sulfone groups is 1. The maximum absolute atomic E-state index is 12.4. The first-order valence-electron chi connectivity index (χ1n) is 8.72. The van der Waals surface area contributed by atoms with E-state index in [0.717, 1.165) is 24.7 Å². The van der Waals surface area contributed by atoms with Gasteiger partial charge in [-0.3, -0.25) is 4.79 Å². The van der Waals surface area contributed by atoms with Crippen molar-refractivity contribution in [2.45, 2.75) is 43.2 Å². The van der Waals surface area contributed by atoms with Crippen molar-refractivity contribution < 1.29 is 17.9 Å². The van der Waals surface area contributed by atoms with Crippen molar-refractivity contribution in [2.75, 3.05) is 6.26 Å². The lowest BCUT2D eigenvalue weighted by Gasteiger charge is -2.12. The van der Waals surface area contributed by atoms with Crippen LogP contribution in [0.5, 0.6) is 5.88 Å². The summed E-state index contributed by atoms with van der Waals surface area (Å²) < 4.78 is 29.1. The molecule has 27 heavy (non-hydrogen) atoms. The first kappa shape index (κ1) is 19.6. The Morgan fingerprint density at radius 2 is 2.00 bits per heavy atom. The zero-order valence-electron chi connectivity index (χ0n) is 14.9. The molecule has 2 aromatic rings. The highest BCUT2D eigenvalue weighted by atomic mass is 35.5. The van der Waals surface area contributed by atoms with Crippen LogP contribution >= 0.6 is 11.6 Å². The average molecular weight is 409 g/mol. The summed E-state index contributed by atoms with van der Waals surface area (Å²) in [6.07, 6.45) is 7.49. The largest absolute Gasteiger partial charge is 0.474 e. The maximum Gasteiger partial charge on any atom is 0.253 e. The van der Waals surface area contributed by atoms with Crippen LogP contribution in [0.15, 0.2) is 41.4 Å². The summed E-state index contributed by atoms with van der Waals surface area (Å²) in [5, 5.41) is 2.92. The number of pyridine rings is 1. The molecule has 1 amide bonds. The number of hydrogen-bond donors (Lipinski definition) is 1. The van der Waals surface area contributed by atoms with Gasteiger partial charge in [0, 0.05) is 25.1 Å². The van der Waals surface area contributed by atoms with Gasteiger partial charge in [-0.1, -0.05) is 17.7 Å². The van der Waals surface area contributed by atoms with Gasteiger partial charge < -0.3 is 10.1 Å². The molecule has 1 aliphatic rings. The Morgan fingerprint density at radius 3 is 2.63 bits per heavy atom. The van der Waals surface area contributed by atoms with E-state index in [0.29, 0.717) is 5.88 Å². The fraction of sp³-hybridized carbons (Fsp3) is 0.368. The zero-order valence-corrected chi connectivity index (χ0v) is 16.5. The van der Waals surface area contributed by atoms with Crippen LogP contribution in [-0.4, -0.2) is 31.7 Å². The van der Waals surface area contributed by atoms with E-state index in [4.69, 9.17) is 16.3 Å². The molecule has 0 aliphatic heterocycles. The second-order valence-corrected chi connectivity index (χ2v) is 9.05. The Balaban J connectivity index is 1.62. The van der Waals surface area contributed by atoms with Gasteiger partial charge in [0.25, 0.3) is 5.91 Å². The molecular formula is C19H21ClN2O4S. The van der Waals surface area contributed by atoms with E-state index in [2.05, 4.69) is 10.3 Å². The number of hydrogen-bond acceptors (Lipinski definition) is 5. The number of nitrogens with one attached hydrogen (secondary N) is 1. The highest BCUT2D eigenvalue weighted by Gasteiger charge is 2.17. The minimum Gasteiger partial charge on any atom is -0.474 e. The van der Waals surface area contributed by atoms with Crippen molar-refractivity contribution in [3.63, 3.8) is 0 Å². The Kier molecular flexibility index (Phi) is 6.01. The predicted octanol–water partition coefficient (Wildman–Crippen LogP) is 3.39.